The summed E-state index contributed by atoms with van der Waals surface area (Å²) in [5.41, 5.74) is 2.57. The van der Waals surface area contributed by atoms with Crippen LogP contribution < -0.4 is 5.11 Å². The topological polar surface area (TPSA) is 43.4 Å². The Kier molecular flexibility index (Phi) is 2.50. The third kappa shape index (κ3) is 1.93. The molecule has 0 amide bonds. The van der Waals surface area contributed by atoms with Gasteiger partial charge in [0.1, 0.15) is 0 Å². The van der Waals surface area contributed by atoms with E-state index in [1.165, 1.54) is 11.1 Å². The van der Waals surface area contributed by atoms with E-state index in [-0.39, 0.29) is 6.54 Å². The second-order valence-corrected chi connectivity index (χ2v) is 3.60. The van der Waals surface area contributed by atoms with E-state index in [2.05, 4.69) is 12.1 Å². The van der Waals surface area contributed by atoms with Crippen LogP contribution in [0.3, 0.4) is 0 Å². The number of carboxylic acids is 1. The first-order chi connectivity index (χ1) is 6.75. The number of benzene rings is 1. The number of carboxylic acid groups (broad SMARTS) is 1. The van der Waals surface area contributed by atoms with Crippen LogP contribution >= 0.6 is 0 Å². The molecule has 0 radical (unpaired) electrons. The molecule has 1 aliphatic rings. The largest absolute Gasteiger partial charge is 0.549 e. The predicted octanol–water partition coefficient (Wildman–Crippen LogP) is -0.205. The van der Waals surface area contributed by atoms with Gasteiger partial charge in [0.05, 0.1) is 5.97 Å². The Morgan fingerprint density at radius 3 is 2.79 bits per heavy atom. The van der Waals surface area contributed by atoms with Gasteiger partial charge in [-0.05, 0) is 17.5 Å². The summed E-state index contributed by atoms with van der Waals surface area (Å²) in [6.07, 6.45) is 0.934. The highest BCUT2D eigenvalue weighted by atomic mass is 16.4. The van der Waals surface area contributed by atoms with E-state index < -0.39 is 5.97 Å². The van der Waals surface area contributed by atoms with E-state index in [4.69, 9.17) is 0 Å². The number of nitrogens with zero attached hydrogens (tertiary/aromatic N) is 1. The lowest BCUT2D eigenvalue weighted by Gasteiger charge is -2.28. The van der Waals surface area contributed by atoms with Gasteiger partial charge in [-0.15, -0.1) is 0 Å². The Bertz CT molecular complexity index is 349. The minimum atomic E-state index is -0.996. The Labute approximate surface area is 83.0 Å². The number of carbonyl (C=O) groups excluding carboxylic acids is 1. The standard InChI is InChI=1S/C11H13NO2/c13-11(14)8-12-6-5-9-3-1-2-4-10(9)7-12/h1-4H,5-8H2,(H,13,14)/p-1. The molecular weight excluding hydrogens is 178 g/mol. The summed E-state index contributed by atoms with van der Waals surface area (Å²) < 4.78 is 0. The van der Waals surface area contributed by atoms with Gasteiger partial charge in [0.2, 0.25) is 0 Å². The number of fused-ring (bicyclic) bond motifs is 1. The lowest BCUT2D eigenvalue weighted by atomic mass is 10.0. The fraction of sp³-hybridized carbons (Fsp3) is 0.364. The van der Waals surface area contributed by atoms with E-state index in [0.29, 0.717) is 0 Å². The minimum Gasteiger partial charge on any atom is -0.549 e. The summed E-state index contributed by atoms with van der Waals surface area (Å²) in [6.45, 7) is 1.57. The highest BCUT2D eigenvalue weighted by Gasteiger charge is 2.14. The molecule has 1 aliphatic heterocycles. The molecule has 0 aliphatic carbocycles. The van der Waals surface area contributed by atoms with Crippen molar-refractivity contribution in [2.45, 2.75) is 13.0 Å². The van der Waals surface area contributed by atoms with Gasteiger partial charge >= 0.3 is 0 Å². The highest BCUT2D eigenvalue weighted by Crippen LogP contribution is 2.17. The van der Waals surface area contributed by atoms with Crippen LogP contribution in [0, 0.1) is 0 Å². The second kappa shape index (κ2) is 3.80. The zero-order valence-corrected chi connectivity index (χ0v) is 7.90. The van der Waals surface area contributed by atoms with Crippen LogP contribution in [-0.2, 0) is 17.8 Å². The molecule has 14 heavy (non-hydrogen) atoms. The number of carbonyl (C=O) groups is 1. The summed E-state index contributed by atoms with van der Waals surface area (Å²) in [6, 6.07) is 8.16. The Morgan fingerprint density at radius 2 is 2.07 bits per heavy atom. The van der Waals surface area contributed by atoms with E-state index in [1.54, 1.807) is 0 Å². The fourth-order valence-electron chi connectivity index (χ4n) is 1.87. The van der Waals surface area contributed by atoms with Crippen molar-refractivity contribution in [2.24, 2.45) is 0 Å². The molecule has 0 fully saturated rings. The molecule has 1 aromatic carbocycles. The Morgan fingerprint density at radius 1 is 1.36 bits per heavy atom. The first kappa shape index (κ1) is 9.21. The summed E-state index contributed by atoms with van der Waals surface area (Å²) in [5.74, 6) is -0.996. The molecule has 3 nitrogen and oxygen atoms in total. The smallest absolute Gasteiger partial charge is 0.0555 e. The zero-order chi connectivity index (χ0) is 9.97. The Balaban J connectivity index is 2.09. The Hall–Kier alpha value is -1.35. The fourth-order valence-corrected chi connectivity index (χ4v) is 1.87. The normalized spacial score (nSPS) is 16.3. The third-order valence-electron chi connectivity index (χ3n) is 2.56. The van der Waals surface area contributed by atoms with Crippen molar-refractivity contribution in [2.75, 3.05) is 13.1 Å². The van der Waals surface area contributed by atoms with Gasteiger partial charge in [0, 0.05) is 19.6 Å². The second-order valence-electron chi connectivity index (χ2n) is 3.60. The molecule has 1 heterocycles. The minimum absolute atomic E-state index is 0.0360. The lowest BCUT2D eigenvalue weighted by molar-refractivity contribution is -0.306. The summed E-state index contributed by atoms with van der Waals surface area (Å²) in [5, 5.41) is 10.4. The van der Waals surface area contributed by atoms with Gasteiger partial charge in [0.25, 0.3) is 0 Å². The first-order valence-corrected chi connectivity index (χ1v) is 4.74. The molecule has 0 N–H and O–H groups in total. The van der Waals surface area contributed by atoms with Crippen LogP contribution in [0.15, 0.2) is 24.3 Å². The number of rotatable bonds is 2. The molecule has 0 atom stereocenters. The molecule has 0 saturated carbocycles. The molecule has 1 aromatic rings. The number of aliphatic carboxylic acids is 1. The average Bonchev–Trinajstić information content (AvgIpc) is 2.17. The third-order valence-corrected chi connectivity index (χ3v) is 2.56. The summed E-state index contributed by atoms with van der Waals surface area (Å²) in [7, 11) is 0. The lowest BCUT2D eigenvalue weighted by Crippen LogP contribution is -2.40. The molecule has 0 spiro atoms. The molecule has 2 rings (SSSR count). The van der Waals surface area contributed by atoms with Gasteiger partial charge in [-0.3, -0.25) is 4.90 Å². The van der Waals surface area contributed by atoms with E-state index in [0.717, 1.165) is 19.5 Å². The molecule has 0 aromatic heterocycles. The van der Waals surface area contributed by atoms with Gasteiger partial charge < -0.3 is 9.90 Å². The van der Waals surface area contributed by atoms with Crippen LogP contribution in [0.1, 0.15) is 11.1 Å². The number of hydrogen-bond donors (Lipinski definition) is 0. The van der Waals surface area contributed by atoms with Gasteiger partial charge in [-0.2, -0.15) is 0 Å². The van der Waals surface area contributed by atoms with Crippen LogP contribution in [0.2, 0.25) is 0 Å². The van der Waals surface area contributed by atoms with Crippen molar-refractivity contribution in [1.82, 2.24) is 4.90 Å². The van der Waals surface area contributed by atoms with E-state index in [9.17, 15) is 9.90 Å². The molecule has 3 heteroatoms. The molecular formula is C11H12NO2-. The van der Waals surface area contributed by atoms with Crippen molar-refractivity contribution in [3.63, 3.8) is 0 Å². The van der Waals surface area contributed by atoms with Crippen molar-refractivity contribution >= 4 is 5.97 Å². The molecule has 0 bridgehead atoms. The average molecular weight is 190 g/mol. The van der Waals surface area contributed by atoms with Crippen molar-refractivity contribution < 1.29 is 9.90 Å². The van der Waals surface area contributed by atoms with Gasteiger partial charge in [-0.1, -0.05) is 24.3 Å². The molecule has 0 unspecified atom stereocenters. The summed E-state index contributed by atoms with van der Waals surface area (Å²) >= 11 is 0. The monoisotopic (exact) mass is 190 g/mol. The van der Waals surface area contributed by atoms with Crippen molar-refractivity contribution in [3.05, 3.63) is 35.4 Å². The molecule has 0 saturated heterocycles. The number of hydrogen-bond acceptors (Lipinski definition) is 3. The van der Waals surface area contributed by atoms with Crippen LogP contribution in [-0.4, -0.2) is 24.0 Å². The quantitative estimate of drug-likeness (QED) is 0.648. The maximum atomic E-state index is 10.4. The van der Waals surface area contributed by atoms with Crippen LogP contribution in [0.5, 0.6) is 0 Å². The first-order valence-electron chi connectivity index (χ1n) is 4.74. The maximum Gasteiger partial charge on any atom is 0.0555 e. The SMILES string of the molecule is O=C([O-])CN1CCc2ccccc2C1. The van der Waals surface area contributed by atoms with Gasteiger partial charge in [-0.25, -0.2) is 0 Å². The van der Waals surface area contributed by atoms with Gasteiger partial charge in [0.15, 0.2) is 0 Å². The zero-order valence-electron chi connectivity index (χ0n) is 7.90. The molecule has 74 valence electrons. The van der Waals surface area contributed by atoms with E-state index >= 15 is 0 Å². The van der Waals surface area contributed by atoms with Crippen LogP contribution in [0.4, 0.5) is 0 Å². The van der Waals surface area contributed by atoms with Crippen LogP contribution in [0.25, 0.3) is 0 Å². The predicted molar refractivity (Wildman–Crippen MR) is 50.4 cm³/mol. The van der Waals surface area contributed by atoms with Crippen molar-refractivity contribution in [3.8, 4) is 0 Å². The van der Waals surface area contributed by atoms with Crippen molar-refractivity contribution in [1.29, 1.82) is 0 Å². The highest BCUT2D eigenvalue weighted by molar-refractivity contribution is 5.66. The maximum absolute atomic E-state index is 10.4. The summed E-state index contributed by atoms with van der Waals surface area (Å²) in [4.78, 5) is 12.3. The van der Waals surface area contributed by atoms with E-state index in [1.807, 2.05) is 17.0 Å².